The summed E-state index contributed by atoms with van der Waals surface area (Å²) in [5.74, 6) is 1.97. The molecule has 0 saturated carbocycles. The Morgan fingerprint density at radius 3 is 2.71 bits per heavy atom. The third-order valence-electron chi connectivity index (χ3n) is 3.02. The maximum atomic E-state index is 6.04. The molecular weight excluding hydrogens is 232 g/mol. The molecule has 96 valence electrons. The number of anilines is 2. The smallest absolute Gasteiger partial charge is 0.121 e. The second-order valence-electron chi connectivity index (χ2n) is 4.17. The van der Waals surface area contributed by atoms with E-state index in [0.717, 1.165) is 23.5 Å². The summed E-state index contributed by atoms with van der Waals surface area (Å²) in [4.78, 5) is 2.23. The average Bonchev–Trinajstić information content (AvgIpc) is 2.34. The van der Waals surface area contributed by atoms with Gasteiger partial charge in [0.1, 0.15) is 5.75 Å². The minimum Gasteiger partial charge on any atom is -0.497 e. The third-order valence-corrected chi connectivity index (χ3v) is 3.66. The monoisotopic (exact) mass is 254 g/mol. The fourth-order valence-electron chi connectivity index (χ4n) is 1.70. The van der Waals surface area contributed by atoms with Crippen molar-refractivity contribution in [2.75, 3.05) is 36.8 Å². The van der Waals surface area contributed by atoms with Gasteiger partial charge in [-0.3, -0.25) is 0 Å². The van der Waals surface area contributed by atoms with Crippen LogP contribution in [0.25, 0.3) is 0 Å². The van der Waals surface area contributed by atoms with Gasteiger partial charge in [0.05, 0.1) is 18.5 Å². The number of nitrogens with zero attached hydrogens (tertiary/aromatic N) is 1. The normalized spacial score (nSPS) is 12.2. The Morgan fingerprint density at radius 2 is 2.18 bits per heavy atom. The van der Waals surface area contributed by atoms with Gasteiger partial charge in [-0.15, -0.1) is 0 Å². The average molecular weight is 254 g/mol. The Labute approximate surface area is 108 Å². The highest BCUT2D eigenvalue weighted by atomic mass is 32.2. The molecule has 1 aromatic rings. The predicted octanol–water partition coefficient (Wildman–Crippen LogP) is 2.86. The first-order chi connectivity index (χ1) is 8.10. The molecule has 3 nitrogen and oxygen atoms in total. The van der Waals surface area contributed by atoms with Crippen LogP contribution in [0.3, 0.4) is 0 Å². The maximum Gasteiger partial charge on any atom is 0.121 e. The molecular formula is C13H22N2OS. The summed E-state index contributed by atoms with van der Waals surface area (Å²) < 4.78 is 5.15. The van der Waals surface area contributed by atoms with Gasteiger partial charge in [-0.25, -0.2) is 0 Å². The van der Waals surface area contributed by atoms with Crippen LogP contribution in [0, 0.1) is 0 Å². The number of methoxy groups -OCH3 is 1. The zero-order valence-corrected chi connectivity index (χ0v) is 11.9. The summed E-state index contributed by atoms with van der Waals surface area (Å²) in [5, 5.41) is 0. The fraction of sp³-hybridized carbons (Fsp3) is 0.538. The molecule has 0 spiro atoms. The van der Waals surface area contributed by atoms with E-state index in [1.165, 1.54) is 5.75 Å². The topological polar surface area (TPSA) is 38.5 Å². The fourth-order valence-corrected chi connectivity index (χ4v) is 2.28. The molecule has 0 amide bonds. The molecule has 0 radical (unpaired) electrons. The minimum atomic E-state index is 0.484. The number of hydrogen-bond acceptors (Lipinski definition) is 4. The molecule has 0 aliphatic heterocycles. The molecule has 0 aliphatic rings. The van der Waals surface area contributed by atoms with Crippen LogP contribution in [-0.2, 0) is 0 Å². The van der Waals surface area contributed by atoms with E-state index in [1.807, 2.05) is 30.0 Å². The van der Waals surface area contributed by atoms with E-state index in [9.17, 15) is 0 Å². The molecule has 0 heterocycles. The highest BCUT2D eigenvalue weighted by molar-refractivity contribution is 7.98. The Kier molecular flexibility index (Phi) is 5.48. The summed E-state index contributed by atoms with van der Waals surface area (Å²) in [6.45, 7) is 2.22. The lowest BCUT2D eigenvalue weighted by atomic mass is 10.1. The van der Waals surface area contributed by atoms with Gasteiger partial charge >= 0.3 is 0 Å². The Morgan fingerprint density at radius 1 is 1.47 bits per heavy atom. The molecule has 1 unspecified atom stereocenters. The SMILES string of the molecule is COc1ccc(N(C)C(C)CCSC)c(N)c1. The number of hydrogen-bond donors (Lipinski definition) is 1. The van der Waals surface area contributed by atoms with Crippen molar-refractivity contribution < 1.29 is 4.74 Å². The largest absolute Gasteiger partial charge is 0.497 e. The first-order valence-corrected chi connectivity index (χ1v) is 7.14. The van der Waals surface area contributed by atoms with E-state index >= 15 is 0 Å². The Hall–Kier alpha value is -1.03. The van der Waals surface area contributed by atoms with Crippen molar-refractivity contribution in [1.82, 2.24) is 0 Å². The van der Waals surface area contributed by atoms with E-state index in [-0.39, 0.29) is 0 Å². The number of ether oxygens (including phenoxy) is 1. The van der Waals surface area contributed by atoms with Crippen LogP contribution in [-0.4, -0.2) is 32.2 Å². The molecule has 0 saturated heterocycles. The second kappa shape index (κ2) is 6.64. The number of nitrogen functional groups attached to an aromatic ring is 1. The number of rotatable bonds is 6. The lowest BCUT2D eigenvalue weighted by Crippen LogP contribution is -2.29. The molecule has 17 heavy (non-hydrogen) atoms. The van der Waals surface area contributed by atoms with Crippen LogP contribution >= 0.6 is 11.8 Å². The molecule has 0 aliphatic carbocycles. The van der Waals surface area contributed by atoms with Crippen LogP contribution in [0.5, 0.6) is 5.75 Å². The summed E-state index contributed by atoms with van der Waals surface area (Å²) in [5.41, 5.74) is 7.87. The summed E-state index contributed by atoms with van der Waals surface area (Å²) in [6, 6.07) is 6.32. The van der Waals surface area contributed by atoms with Crippen LogP contribution in [0.2, 0.25) is 0 Å². The lowest BCUT2D eigenvalue weighted by molar-refractivity contribution is 0.415. The standard InChI is InChI=1S/C13H22N2OS/c1-10(7-8-17-4)15(2)13-6-5-11(16-3)9-12(13)14/h5-6,9-10H,7-8,14H2,1-4H3. The molecule has 0 aromatic heterocycles. The molecule has 0 bridgehead atoms. The van der Waals surface area contributed by atoms with Crippen molar-refractivity contribution >= 4 is 23.1 Å². The molecule has 1 rings (SSSR count). The third kappa shape index (κ3) is 3.73. The van der Waals surface area contributed by atoms with E-state index in [4.69, 9.17) is 10.5 Å². The number of nitrogens with two attached hydrogens (primary N) is 1. The molecule has 1 atom stereocenters. The van der Waals surface area contributed by atoms with Gasteiger partial charge in [0, 0.05) is 19.2 Å². The molecule has 4 heteroatoms. The quantitative estimate of drug-likeness (QED) is 0.792. The lowest BCUT2D eigenvalue weighted by Gasteiger charge is -2.28. The second-order valence-corrected chi connectivity index (χ2v) is 5.15. The summed E-state index contributed by atoms with van der Waals surface area (Å²) in [7, 11) is 3.74. The highest BCUT2D eigenvalue weighted by Crippen LogP contribution is 2.28. The Bertz CT molecular complexity index is 357. The first-order valence-electron chi connectivity index (χ1n) is 5.75. The van der Waals surface area contributed by atoms with E-state index in [1.54, 1.807) is 7.11 Å². The number of benzene rings is 1. The first kappa shape index (κ1) is 14.0. The minimum absolute atomic E-state index is 0.484. The van der Waals surface area contributed by atoms with Crippen LogP contribution in [0.1, 0.15) is 13.3 Å². The van der Waals surface area contributed by atoms with Gasteiger partial charge in [-0.2, -0.15) is 11.8 Å². The van der Waals surface area contributed by atoms with Crippen molar-refractivity contribution in [2.24, 2.45) is 0 Å². The van der Waals surface area contributed by atoms with Crippen molar-refractivity contribution in [1.29, 1.82) is 0 Å². The molecule has 0 fully saturated rings. The van der Waals surface area contributed by atoms with Crippen LogP contribution in [0.15, 0.2) is 18.2 Å². The molecule has 1 aromatic carbocycles. The number of thioether (sulfide) groups is 1. The van der Waals surface area contributed by atoms with Crippen molar-refractivity contribution in [2.45, 2.75) is 19.4 Å². The zero-order valence-electron chi connectivity index (χ0n) is 11.1. The van der Waals surface area contributed by atoms with Gasteiger partial charge in [-0.05, 0) is 37.5 Å². The highest BCUT2D eigenvalue weighted by Gasteiger charge is 2.12. The predicted molar refractivity (Wildman–Crippen MR) is 78.3 cm³/mol. The van der Waals surface area contributed by atoms with Crippen LogP contribution < -0.4 is 15.4 Å². The van der Waals surface area contributed by atoms with Gasteiger partial charge < -0.3 is 15.4 Å². The van der Waals surface area contributed by atoms with E-state index < -0.39 is 0 Å². The Balaban J connectivity index is 2.77. The van der Waals surface area contributed by atoms with Gasteiger partial charge in [0.15, 0.2) is 0 Å². The zero-order chi connectivity index (χ0) is 12.8. The van der Waals surface area contributed by atoms with Gasteiger partial charge in [-0.1, -0.05) is 0 Å². The molecule has 2 N–H and O–H groups in total. The van der Waals surface area contributed by atoms with Crippen molar-refractivity contribution in [3.63, 3.8) is 0 Å². The van der Waals surface area contributed by atoms with Crippen molar-refractivity contribution in [3.8, 4) is 5.75 Å². The van der Waals surface area contributed by atoms with E-state index in [2.05, 4.69) is 25.1 Å². The summed E-state index contributed by atoms with van der Waals surface area (Å²) >= 11 is 1.87. The van der Waals surface area contributed by atoms with Gasteiger partial charge in [0.2, 0.25) is 0 Å². The van der Waals surface area contributed by atoms with E-state index in [0.29, 0.717) is 6.04 Å². The van der Waals surface area contributed by atoms with Gasteiger partial charge in [0.25, 0.3) is 0 Å². The van der Waals surface area contributed by atoms with Crippen LogP contribution in [0.4, 0.5) is 11.4 Å². The summed E-state index contributed by atoms with van der Waals surface area (Å²) in [6.07, 6.45) is 3.29. The van der Waals surface area contributed by atoms with Crippen molar-refractivity contribution in [3.05, 3.63) is 18.2 Å². The maximum absolute atomic E-state index is 6.04.